The average molecular weight is 226 g/mol. The summed E-state index contributed by atoms with van der Waals surface area (Å²) in [5.74, 6) is 0. The zero-order valence-corrected chi connectivity index (χ0v) is 10.1. The Kier molecular flexibility index (Phi) is 2.18. The molecule has 0 saturated carbocycles. The summed E-state index contributed by atoms with van der Waals surface area (Å²) >= 11 is 1.74. The van der Waals surface area contributed by atoms with Crippen molar-refractivity contribution in [2.45, 2.75) is 11.8 Å². The second-order valence-electron chi connectivity index (χ2n) is 3.93. The molecule has 1 heterocycles. The molecule has 0 spiro atoms. The molecule has 3 rings (SSSR count). The quantitative estimate of drug-likeness (QED) is 0.616. The van der Waals surface area contributed by atoms with Crippen molar-refractivity contribution in [3.8, 4) is 0 Å². The van der Waals surface area contributed by atoms with Crippen molar-refractivity contribution in [2.24, 2.45) is 0 Å². The number of thioether (sulfide) groups is 1. The predicted molar refractivity (Wildman–Crippen MR) is 71.2 cm³/mol. The number of rotatable bonds is 1. The lowest BCUT2D eigenvalue weighted by molar-refractivity contribution is 1.40. The van der Waals surface area contributed by atoms with Gasteiger partial charge in [0, 0.05) is 21.2 Å². The van der Waals surface area contributed by atoms with Gasteiger partial charge in [-0.15, -0.1) is 11.8 Å². The zero-order chi connectivity index (χ0) is 11.1. The van der Waals surface area contributed by atoms with Crippen molar-refractivity contribution in [3.63, 3.8) is 0 Å². The summed E-state index contributed by atoms with van der Waals surface area (Å²) in [6, 6.07) is 13.8. The Morgan fingerprint density at radius 3 is 2.88 bits per heavy atom. The number of hydrogen-bond donors (Lipinski definition) is 1. The van der Waals surface area contributed by atoms with E-state index in [9.17, 15) is 0 Å². The Balaban J connectivity index is 2.58. The van der Waals surface area contributed by atoms with Crippen LogP contribution in [-0.2, 0) is 0 Å². The molecule has 0 bridgehead atoms. The summed E-state index contributed by atoms with van der Waals surface area (Å²) in [5, 5.41) is 2.64. The van der Waals surface area contributed by atoms with Crippen molar-refractivity contribution >= 4 is 33.6 Å². The average Bonchev–Trinajstić information content (AvgIpc) is 2.69. The van der Waals surface area contributed by atoms with E-state index in [1.54, 1.807) is 11.8 Å². The first-order valence-electron chi connectivity index (χ1n) is 5.27. The molecule has 0 amide bonds. The molecule has 3 aromatic rings. The van der Waals surface area contributed by atoms with Gasteiger partial charge >= 0.3 is 0 Å². The van der Waals surface area contributed by atoms with Crippen LogP contribution in [0, 0.1) is 13.0 Å². The van der Waals surface area contributed by atoms with E-state index < -0.39 is 0 Å². The summed E-state index contributed by atoms with van der Waals surface area (Å²) in [7, 11) is 0. The van der Waals surface area contributed by atoms with Crippen LogP contribution in [0.1, 0.15) is 5.56 Å². The van der Waals surface area contributed by atoms with Gasteiger partial charge in [0.05, 0.1) is 5.52 Å². The number of H-pyrrole nitrogens is 1. The van der Waals surface area contributed by atoms with E-state index in [4.69, 9.17) is 0 Å². The van der Waals surface area contributed by atoms with Gasteiger partial charge < -0.3 is 4.98 Å². The van der Waals surface area contributed by atoms with Crippen LogP contribution in [0.5, 0.6) is 0 Å². The number of fused-ring (bicyclic) bond motifs is 3. The highest BCUT2D eigenvalue weighted by Crippen LogP contribution is 2.33. The minimum absolute atomic E-state index is 1.19. The fourth-order valence-electron chi connectivity index (χ4n) is 2.20. The van der Waals surface area contributed by atoms with Gasteiger partial charge in [-0.05, 0) is 36.9 Å². The van der Waals surface area contributed by atoms with E-state index in [1.165, 1.54) is 32.3 Å². The lowest BCUT2D eigenvalue weighted by Gasteiger charge is -2.01. The molecule has 1 aromatic heterocycles. The molecule has 2 aromatic carbocycles. The minimum atomic E-state index is 1.19. The fourth-order valence-corrected chi connectivity index (χ4v) is 2.73. The van der Waals surface area contributed by atoms with Crippen molar-refractivity contribution in [1.82, 2.24) is 4.98 Å². The number of nitrogens with one attached hydrogen (secondary N) is 1. The maximum absolute atomic E-state index is 3.49. The maximum atomic E-state index is 3.49. The Hall–Kier alpha value is -1.41. The topological polar surface area (TPSA) is 15.8 Å². The number of para-hydroxylation sites is 1. The fraction of sp³-hybridized carbons (Fsp3) is 0.143. The zero-order valence-electron chi connectivity index (χ0n) is 9.29. The highest BCUT2D eigenvalue weighted by atomic mass is 32.2. The van der Waals surface area contributed by atoms with E-state index in [2.05, 4.69) is 54.6 Å². The highest BCUT2D eigenvalue weighted by molar-refractivity contribution is 7.98. The summed E-state index contributed by atoms with van der Waals surface area (Å²) in [6.07, 6.45) is 2.09. The van der Waals surface area contributed by atoms with Gasteiger partial charge in [-0.1, -0.05) is 18.2 Å². The van der Waals surface area contributed by atoms with Gasteiger partial charge in [0.25, 0.3) is 0 Å². The predicted octanol–water partition coefficient (Wildman–Crippen LogP) is 4.15. The molecular formula is C14H12NS. The molecule has 1 nitrogen and oxygen atoms in total. The third-order valence-electron chi connectivity index (χ3n) is 2.95. The first-order valence-corrected chi connectivity index (χ1v) is 6.49. The van der Waals surface area contributed by atoms with E-state index in [1.807, 2.05) is 0 Å². The lowest BCUT2D eigenvalue weighted by Crippen LogP contribution is -1.79. The van der Waals surface area contributed by atoms with Crippen LogP contribution in [0.4, 0.5) is 0 Å². The monoisotopic (exact) mass is 226 g/mol. The molecule has 79 valence electrons. The molecule has 2 heteroatoms. The summed E-state index contributed by atoms with van der Waals surface area (Å²) < 4.78 is 0. The van der Waals surface area contributed by atoms with Gasteiger partial charge in [0.1, 0.15) is 0 Å². The Morgan fingerprint density at radius 2 is 2.06 bits per heavy atom. The second-order valence-corrected chi connectivity index (χ2v) is 4.74. The molecular weight excluding hydrogens is 214 g/mol. The van der Waals surface area contributed by atoms with Crippen LogP contribution in [0.25, 0.3) is 21.8 Å². The Bertz CT molecular complexity index is 667. The largest absolute Gasteiger partial charge is 0.354 e. The van der Waals surface area contributed by atoms with Gasteiger partial charge in [-0.3, -0.25) is 0 Å². The summed E-state index contributed by atoms with van der Waals surface area (Å²) in [5.41, 5.74) is 3.70. The lowest BCUT2D eigenvalue weighted by atomic mass is 10.1. The van der Waals surface area contributed by atoms with E-state index >= 15 is 0 Å². The van der Waals surface area contributed by atoms with E-state index in [0.717, 1.165) is 0 Å². The molecule has 1 radical (unpaired) electrons. The Morgan fingerprint density at radius 1 is 1.25 bits per heavy atom. The molecule has 0 unspecified atom stereocenters. The minimum Gasteiger partial charge on any atom is -0.354 e. The molecule has 1 N–H and O–H groups in total. The van der Waals surface area contributed by atoms with Gasteiger partial charge in [0.2, 0.25) is 0 Å². The summed E-state index contributed by atoms with van der Waals surface area (Å²) in [4.78, 5) is 4.68. The van der Waals surface area contributed by atoms with Crippen LogP contribution in [0.2, 0.25) is 0 Å². The van der Waals surface area contributed by atoms with Crippen molar-refractivity contribution in [1.29, 1.82) is 0 Å². The van der Waals surface area contributed by atoms with E-state index in [0.29, 0.717) is 0 Å². The molecule has 16 heavy (non-hydrogen) atoms. The van der Waals surface area contributed by atoms with Crippen molar-refractivity contribution in [2.75, 3.05) is 6.26 Å². The Labute approximate surface area is 98.9 Å². The second kappa shape index (κ2) is 3.56. The molecule has 0 aliphatic rings. The maximum Gasteiger partial charge on any atom is 0.0611 e. The third kappa shape index (κ3) is 1.26. The van der Waals surface area contributed by atoms with Crippen LogP contribution >= 0.6 is 11.8 Å². The molecule has 0 saturated heterocycles. The third-order valence-corrected chi connectivity index (χ3v) is 3.68. The van der Waals surface area contributed by atoms with Crippen LogP contribution in [0.3, 0.4) is 0 Å². The van der Waals surface area contributed by atoms with Crippen LogP contribution < -0.4 is 0 Å². The molecule has 0 atom stereocenters. The standard InChI is InChI=1S/C14H12NS/c1-9-7-8-12(16-2)14-13(9)10-5-3-4-6-11(10)15-14/h3-7,15H,1-2H3. The SMILES string of the molecule is CSc1[c]cc(C)c2c1[nH]c1ccccc12. The van der Waals surface area contributed by atoms with Crippen LogP contribution in [-0.4, -0.2) is 11.2 Å². The number of hydrogen-bond acceptors (Lipinski definition) is 1. The normalized spacial score (nSPS) is 11.4. The van der Waals surface area contributed by atoms with Crippen molar-refractivity contribution in [3.05, 3.63) is 42.0 Å². The number of aryl methyl sites for hydroxylation is 1. The molecule has 0 aliphatic carbocycles. The van der Waals surface area contributed by atoms with Crippen molar-refractivity contribution < 1.29 is 0 Å². The first-order chi connectivity index (χ1) is 7.81. The first kappa shape index (κ1) is 9.79. The van der Waals surface area contributed by atoms with E-state index in [-0.39, 0.29) is 0 Å². The smallest absolute Gasteiger partial charge is 0.0611 e. The van der Waals surface area contributed by atoms with Gasteiger partial charge in [0.15, 0.2) is 0 Å². The van der Waals surface area contributed by atoms with Gasteiger partial charge in [-0.25, -0.2) is 0 Å². The molecule has 0 fully saturated rings. The molecule has 0 aliphatic heterocycles. The van der Waals surface area contributed by atoms with Crippen LogP contribution in [0.15, 0.2) is 35.2 Å². The van der Waals surface area contributed by atoms with Gasteiger partial charge in [-0.2, -0.15) is 0 Å². The summed E-state index contributed by atoms with van der Waals surface area (Å²) in [6.45, 7) is 2.14. The number of benzene rings is 2. The highest BCUT2D eigenvalue weighted by Gasteiger charge is 2.09. The number of aromatic amines is 1. The number of aromatic nitrogens is 1.